The SMILES string of the molecule is CC1(NC(=O)CCc2cccc(N)c2)CCOC1. The number of hydrogen-bond acceptors (Lipinski definition) is 3. The highest BCUT2D eigenvalue weighted by molar-refractivity contribution is 5.77. The Kier molecular flexibility index (Phi) is 3.87. The summed E-state index contributed by atoms with van der Waals surface area (Å²) in [6, 6.07) is 7.66. The predicted molar refractivity (Wildman–Crippen MR) is 71.2 cm³/mol. The maximum Gasteiger partial charge on any atom is 0.220 e. The maximum atomic E-state index is 11.9. The van der Waals surface area contributed by atoms with E-state index in [9.17, 15) is 4.79 Å². The second-order valence-electron chi connectivity index (χ2n) is 5.16. The minimum Gasteiger partial charge on any atom is -0.399 e. The number of amides is 1. The molecule has 1 heterocycles. The Labute approximate surface area is 108 Å². The van der Waals surface area contributed by atoms with Crippen LogP contribution in [-0.4, -0.2) is 24.7 Å². The zero-order valence-electron chi connectivity index (χ0n) is 10.7. The van der Waals surface area contributed by atoms with Gasteiger partial charge < -0.3 is 15.8 Å². The largest absolute Gasteiger partial charge is 0.399 e. The Balaban J connectivity index is 1.81. The quantitative estimate of drug-likeness (QED) is 0.794. The van der Waals surface area contributed by atoms with E-state index in [4.69, 9.17) is 10.5 Å². The highest BCUT2D eigenvalue weighted by Crippen LogP contribution is 2.17. The van der Waals surface area contributed by atoms with E-state index in [1.165, 1.54) is 0 Å². The molecule has 98 valence electrons. The molecule has 1 aromatic rings. The summed E-state index contributed by atoms with van der Waals surface area (Å²) in [6.45, 7) is 3.36. The number of nitrogens with one attached hydrogen (secondary N) is 1. The molecule has 4 nitrogen and oxygen atoms in total. The summed E-state index contributed by atoms with van der Waals surface area (Å²) in [5.41, 5.74) is 7.35. The first-order chi connectivity index (χ1) is 8.57. The van der Waals surface area contributed by atoms with Crippen LogP contribution in [0.2, 0.25) is 0 Å². The molecule has 0 radical (unpaired) electrons. The summed E-state index contributed by atoms with van der Waals surface area (Å²) < 4.78 is 5.31. The molecule has 1 aliphatic heterocycles. The van der Waals surface area contributed by atoms with Gasteiger partial charge in [0.2, 0.25) is 5.91 Å². The maximum absolute atomic E-state index is 11.9. The standard InChI is InChI=1S/C14H20N2O2/c1-14(7-8-18-10-14)16-13(17)6-5-11-3-2-4-12(15)9-11/h2-4,9H,5-8,10,15H2,1H3,(H,16,17). The third-order valence-corrected chi connectivity index (χ3v) is 3.25. The van der Waals surface area contributed by atoms with E-state index in [1.807, 2.05) is 31.2 Å². The van der Waals surface area contributed by atoms with Crippen molar-refractivity contribution in [2.24, 2.45) is 0 Å². The van der Waals surface area contributed by atoms with Crippen LogP contribution >= 0.6 is 0 Å². The summed E-state index contributed by atoms with van der Waals surface area (Å²) in [4.78, 5) is 11.9. The van der Waals surface area contributed by atoms with Gasteiger partial charge in [0.25, 0.3) is 0 Å². The Morgan fingerprint density at radius 3 is 3.06 bits per heavy atom. The van der Waals surface area contributed by atoms with Gasteiger partial charge in [0.1, 0.15) is 0 Å². The van der Waals surface area contributed by atoms with Crippen LogP contribution in [0, 0.1) is 0 Å². The van der Waals surface area contributed by atoms with Gasteiger partial charge in [-0.25, -0.2) is 0 Å². The average molecular weight is 248 g/mol. The van der Waals surface area contributed by atoms with Gasteiger partial charge in [-0.3, -0.25) is 4.79 Å². The van der Waals surface area contributed by atoms with E-state index >= 15 is 0 Å². The monoisotopic (exact) mass is 248 g/mol. The number of rotatable bonds is 4. The molecule has 1 saturated heterocycles. The predicted octanol–water partition coefficient (Wildman–Crippen LogP) is 1.50. The van der Waals surface area contributed by atoms with Crippen molar-refractivity contribution >= 4 is 11.6 Å². The smallest absolute Gasteiger partial charge is 0.220 e. The van der Waals surface area contributed by atoms with Crippen LogP contribution in [0.3, 0.4) is 0 Å². The number of benzene rings is 1. The number of aryl methyl sites for hydroxylation is 1. The van der Waals surface area contributed by atoms with Crippen molar-refractivity contribution in [2.75, 3.05) is 18.9 Å². The molecule has 0 spiro atoms. The van der Waals surface area contributed by atoms with Crippen molar-refractivity contribution in [2.45, 2.75) is 31.7 Å². The minimum absolute atomic E-state index is 0.0745. The van der Waals surface area contributed by atoms with E-state index in [0.717, 1.165) is 24.3 Å². The Hall–Kier alpha value is -1.55. The van der Waals surface area contributed by atoms with Crippen molar-refractivity contribution in [3.63, 3.8) is 0 Å². The van der Waals surface area contributed by atoms with Gasteiger partial charge in [0.05, 0.1) is 12.1 Å². The molecule has 0 saturated carbocycles. The lowest BCUT2D eigenvalue weighted by Crippen LogP contribution is -2.46. The molecule has 18 heavy (non-hydrogen) atoms. The van der Waals surface area contributed by atoms with Crippen LogP contribution in [0.5, 0.6) is 0 Å². The van der Waals surface area contributed by atoms with Gasteiger partial charge in [0.15, 0.2) is 0 Å². The number of anilines is 1. The van der Waals surface area contributed by atoms with Crippen molar-refractivity contribution < 1.29 is 9.53 Å². The molecule has 1 unspecified atom stereocenters. The molecular weight excluding hydrogens is 228 g/mol. The first-order valence-corrected chi connectivity index (χ1v) is 6.31. The second-order valence-corrected chi connectivity index (χ2v) is 5.16. The molecule has 0 aliphatic carbocycles. The normalized spacial score (nSPS) is 22.9. The molecule has 1 aromatic carbocycles. The highest BCUT2D eigenvalue weighted by atomic mass is 16.5. The third-order valence-electron chi connectivity index (χ3n) is 3.25. The molecule has 1 amide bonds. The van der Waals surface area contributed by atoms with E-state index in [-0.39, 0.29) is 11.4 Å². The summed E-state index contributed by atoms with van der Waals surface area (Å²) >= 11 is 0. The molecule has 1 atom stereocenters. The van der Waals surface area contributed by atoms with Crippen LogP contribution < -0.4 is 11.1 Å². The molecule has 4 heteroatoms. The summed E-state index contributed by atoms with van der Waals surface area (Å²) in [6.07, 6.45) is 2.09. The Morgan fingerprint density at radius 2 is 2.39 bits per heavy atom. The van der Waals surface area contributed by atoms with Gasteiger partial charge in [0, 0.05) is 18.7 Å². The van der Waals surface area contributed by atoms with E-state index in [0.29, 0.717) is 19.4 Å². The van der Waals surface area contributed by atoms with Gasteiger partial charge in [-0.2, -0.15) is 0 Å². The fourth-order valence-corrected chi connectivity index (χ4v) is 2.17. The average Bonchev–Trinajstić information content (AvgIpc) is 2.73. The Bertz CT molecular complexity index is 426. The topological polar surface area (TPSA) is 64.4 Å². The van der Waals surface area contributed by atoms with Crippen LogP contribution in [-0.2, 0) is 16.0 Å². The van der Waals surface area contributed by atoms with Crippen molar-refractivity contribution in [1.82, 2.24) is 5.32 Å². The number of carbonyl (C=O) groups is 1. The molecular formula is C14H20N2O2. The summed E-state index contributed by atoms with van der Waals surface area (Å²) in [7, 11) is 0. The van der Waals surface area contributed by atoms with Crippen LogP contribution in [0.15, 0.2) is 24.3 Å². The first kappa shape index (κ1) is 12.9. The van der Waals surface area contributed by atoms with E-state index in [2.05, 4.69) is 5.32 Å². The fourth-order valence-electron chi connectivity index (χ4n) is 2.17. The van der Waals surface area contributed by atoms with Crippen LogP contribution in [0.1, 0.15) is 25.3 Å². The van der Waals surface area contributed by atoms with Crippen LogP contribution in [0.25, 0.3) is 0 Å². The lowest BCUT2D eigenvalue weighted by atomic mass is 10.0. The van der Waals surface area contributed by atoms with Gasteiger partial charge in [-0.05, 0) is 37.5 Å². The van der Waals surface area contributed by atoms with E-state index < -0.39 is 0 Å². The zero-order chi connectivity index (χ0) is 13.0. The number of hydrogen-bond donors (Lipinski definition) is 2. The molecule has 0 aromatic heterocycles. The fraction of sp³-hybridized carbons (Fsp3) is 0.500. The second kappa shape index (κ2) is 5.40. The highest BCUT2D eigenvalue weighted by Gasteiger charge is 2.30. The number of nitrogens with two attached hydrogens (primary N) is 1. The van der Waals surface area contributed by atoms with Crippen molar-refractivity contribution in [3.8, 4) is 0 Å². The molecule has 0 bridgehead atoms. The zero-order valence-corrected chi connectivity index (χ0v) is 10.7. The van der Waals surface area contributed by atoms with Gasteiger partial charge >= 0.3 is 0 Å². The molecule has 1 fully saturated rings. The lowest BCUT2D eigenvalue weighted by molar-refractivity contribution is -0.122. The number of nitrogen functional groups attached to an aromatic ring is 1. The Morgan fingerprint density at radius 1 is 1.56 bits per heavy atom. The third kappa shape index (κ3) is 3.47. The summed E-state index contributed by atoms with van der Waals surface area (Å²) in [5, 5.41) is 3.04. The molecule has 3 N–H and O–H groups in total. The number of ether oxygens (including phenoxy) is 1. The first-order valence-electron chi connectivity index (χ1n) is 6.31. The summed E-state index contributed by atoms with van der Waals surface area (Å²) in [5.74, 6) is 0.0745. The minimum atomic E-state index is -0.188. The number of carbonyl (C=O) groups excluding carboxylic acids is 1. The molecule has 1 aliphatic rings. The van der Waals surface area contributed by atoms with Crippen molar-refractivity contribution in [1.29, 1.82) is 0 Å². The lowest BCUT2D eigenvalue weighted by Gasteiger charge is -2.23. The molecule has 2 rings (SSSR count). The van der Waals surface area contributed by atoms with Crippen molar-refractivity contribution in [3.05, 3.63) is 29.8 Å². The van der Waals surface area contributed by atoms with Gasteiger partial charge in [-0.1, -0.05) is 12.1 Å². The van der Waals surface area contributed by atoms with Crippen LogP contribution in [0.4, 0.5) is 5.69 Å². The van der Waals surface area contributed by atoms with E-state index in [1.54, 1.807) is 0 Å². The van der Waals surface area contributed by atoms with Gasteiger partial charge in [-0.15, -0.1) is 0 Å².